The minimum absolute atomic E-state index is 0.418. The topological polar surface area (TPSA) is 37.3 Å². The molecule has 0 bridgehead atoms. The Morgan fingerprint density at radius 1 is 1.38 bits per heavy atom. The number of aliphatic carboxylic acids is 1. The van der Waals surface area contributed by atoms with Crippen molar-refractivity contribution in [2.45, 2.75) is 20.8 Å². The molecule has 0 aliphatic rings. The van der Waals surface area contributed by atoms with Crippen LogP contribution in [0.5, 0.6) is 0 Å². The van der Waals surface area contributed by atoms with E-state index >= 15 is 0 Å². The summed E-state index contributed by atoms with van der Waals surface area (Å²) in [7, 11) is 0. The summed E-state index contributed by atoms with van der Waals surface area (Å²) in [5.74, 6) is -0.844. The van der Waals surface area contributed by atoms with Gasteiger partial charge in [-0.05, 0) is 38.5 Å². The van der Waals surface area contributed by atoms with E-state index in [-0.39, 0.29) is 0 Å². The van der Waals surface area contributed by atoms with Crippen molar-refractivity contribution >= 4 is 22.9 Å². The van der Waals surface area contributed by atoms with Gasteiger partial charge in [-0.2, -0.15) is 0 Å². The lowest BCUT2D eigenvalue weighted by Gasteiger charge is -1.99. The van der Waals surface area contributed by atoms with E-state index < -0.39 is 5.97 Å². The van der Waals surface area contributed by atoms with Crippen LogP contribution < -0.4 is 0 Å². The van der Waals surface area contributed by atoms with Crippen molar-refractivity contribution in [3.8, 4) is 0 Å². The molecule has 70 valence electrons. The maximum Gasteiger partial charge on any atom is 0.331 e. The molecule has 1 aromatic heterocycles. The second kappa shape index (κ2) is 3.75. The van der Waals surface area contributed by atoms with Crippen LogP contribution in [0.4, 0.5) is 0 Å². The van der Waals surface area contributed by atoms with Gasteiger partial charge in [-0.3, -0.25) is 0 Å². The maximum absolute atomic E-state index is 10.7. The molecule has 2 nitrogen and oxygen atoms in total. The summed E-state index contributed by atoms with van der Waals surface area (Å²) in [6.45, 7) is 5.49. The molecule has 0 radical (unpaired) electrons. The molecule has 1 heterocycles. The lowest BCUT2D eigenvalue weighted by Crippen LogP contribution is -1.98. The molecule has 0 aliphatic heterocycles. The van der Waals surface area contributed by atoms with Crippen LogP contribution in [0.3, 0.4) is 0 Å². The summed E-state index contributed by atoms with van der Waals surface area (Å²) >= 11 is 1.62. The van der Waals surface area contributed by atoms with Gasteiger partial charge in [-0.1, -0.05) is 0 Å². The van der Waals surface area contributed by atoms with Crippen molar-refractivity contribution in [1.82, 2.24) is 0 Å². The van der Waals surface area contributed by atoms with Gasteiger partial charge in [0.05, 0.1) is 0 Å². The predicted octanol–water partition coefficient (Wildman–Crippen LogP) is 2.93. The highest BCUT2D eigenvalue weighted by atomic mass is 32.1. The van der Waals surface area contributed by atoms with Crippen molar-refractivity contribution in [3.63, 3.8) is 0 Å². The molecule has 0 amide bonds. The number of carbonyl (C=O) groups is 1. The van der Waals surface area contributed by atoms with Crippen LogP contribution in [0, 0.1) is 6.92 Å². The van der Waals surface area contributed by atoms with Crippen molar-refractivity contribution < 1.29 is 9.90 Å². The van der Waals surface area contributed by atoms with Crippen LogP contribution in [0.1, 0.15) is 23.6 Å². The molecule has 0 unspecified atom stereocenters. The third kappa shape index (κ3) is 2.18. The number of carboxylic acid groups (broad SMARTS) is 1. The van der Waals surface area contributed by atoms with E-state index in [0.29, 0.717) is 5.57 Å². The highest BCUT2D eigenvalue weighted by Crippen LogP contribution is 2.25. The zero-order valence-corrected chi connectivity index (χ0v) is 8.73. The average molecular weight is 196 g/mol. The number of thiophene rings is 1. The fraction of sp³-hybridized carbons (Fsp3) is 0.300. The lowest BCUT2D eigenvalue weighted by molar-refractivity contribution is -0.132. The standard InChI is InChI=1S/C10H12O2S/c1-6-4-5-9(13-6)7(2)8(3)10(11)12/h4-5H,1-3H3,(H,11,12)/b8-7+. The highest BCUT2D eigenvalue weighted by molar-refractivity contribution is 7.13. The van der Waals surface area contributed by atoms with E-state index in [4.69, 9.17) is 5.11 Å². The zero-order chi connectivity index (χ0) is 10.0. The Balaban J connectivity index is 3.09. The molecule has 1 rings (SSSR count). The fourth-order valence-corrected chi connectivity index (χ4v) is 1.91. The van der Waals surface area contributed by atoms with E-state index in [1.807, 2.05) is 26.0 Å². The Labute approximate surface area is 81.5 Å². The number of carboxylic acids is 1. The van der Waals surface area contributed by atoms with Crippen LogP contribution >= 0.6 is 11.3 Å². The van der Waals surface area contributed by atoms with Gasteiger partial charge in [0.25, 0.3) is 0 Å². The molecule has 0 aromatic carbocycles. The SMILES string of the molecule is C/C(C(=O)O)=C(/C)c1ccc(C)s1. The first-order valence-corrected chi connectivity index (χ1v) is 4.81. The Bertz CT molecular complexity index is 361. The number of hydrogen-bond donors (Lipinski definition) is 1. The first-order valence-electron chi connectivity index (χ1n) is 4.00. The molecule has 1 N–H and O–H groups in total. The summed E-state index contributed by atoms with van der Waals surface area (Å²) in [4.78, 5) is 12.9. The second-order valence-electron chi connectivity index (χ2n) is 2.97. The van der Waals surface area contributed by atoms with Gasteiger partial charge in [-0.25, -0.2) is 4.79 Å². The minimum atomic E-state index is -0.844. The summed E-state index contributed by atoms with van der Waals surface area (Å²) < 4.78 is 0. The van der Waals surface area contributed by atoms with Gasteiger partial charge in [0.2, 0.25) is 0 Å². The van der Waals surface area contributed by atoms with Gasteiger partial charge in [0.1, 0.15) is 0 Å². The molecular formula is C10H12O2S. The Morgan fingerprint density at radius 3 is 2.38 bits per heavy atom. The van der Waals surface area contributed by atoms with Crippen LogP contribution in [0.2, 0.25) is 0 Å². The van der Waals surface area contributed by atoms with Gasteiger partial charge >= 0.3 is 5.97 Å². The maximum atomic E-state index is 10.7. The van der Waals surface area contributed by atoms with Crippen molar-refractivity contribution in [2.75, 3.05) is 0 Å². The summed E-state index contributed by atoms with van der Waals surface area (Å²) in [5, 5.41) is 8.77. The molecule has 13 heavy (non-hydrogen) atoms. The van der Waals surface area contributed by atoms with Crippen molar-refractivity contribution in [1.29, 1.82) is 0 Å². The summed E-state index contributed by atoms with van der Waals surface area (Å²) in [5.41, 5.74) is 1.27. The molecule has 0 saturated carbocycles. The molecular weight excluding hydrogens is 184 g/mol. The van der Waals surface area contributed by atoms with E-state index in [2.05, 4.69) is 0 Å². The normalized spacial score (nSPS) is 12.5. The van der Waals surface area contributed by atoms with Gasteiger partial charge in [0.15, 0.2) is 0 Å². The Morgan fingerprint density at radius 2 is 2.00 bits per heavy atom. The third-order valence-corrected chi connectivity index (χ3v) is 3.11. The largest absolute Gasteiger partial charge is 0.478 e. The van der Waals surface area contributed by atoms with Gasteiger partial charge in [0, 0.05) is 15.3 Å². The van der Waals surface area contributed by atoms with Crippen LogP contribution in [-0.2, 0) is 4.79 Å². The third-order valence-electron chi connectivity index (χ3n) is 1.99. The monoisotopic (exact) mass is 196 g/mol. The van der Waals surface area contributed by atoms with E-state index in [0.717, 1.165) is 10.5 Å². The van der Waals surface area contributed by atoms with Crippen LogP contribution in [-0.4, -0.2) is 11.1 Å². The Kier molecular flexibility index (Phi) is 2.88. The summed E-state index contributed by atoms with van der Waals surface area (Å²) in [6.07, 6.45) is 0. The van der Waals surface area contributed by atoms with E-state index in [9.17, 15) is 4.79 Å². The van der Waals surface area contributed by atoms with E-state index in [1.165, 1.54) is 4.88 Å². The molecule has 0 atom stereocenters. The number of hydrogen-bond acceptors (Lipinski definition) is 2. The number of rotatable bonds is 2. The summed E-state index contributed by atoms with van der Waals surface area (Å²) in [6, 6.07) is 3.96. The zero-order valence-electron chi connectivity index (χ0n) is 7.92. The van der Waals surface area contributed by atoms with Crippen LogP contribution in [0.15, 0.2) is 17.7 Å². The molecule has 0 aliphatic carbocycles. The van der Waals surface area contributed by atoms with E-state index in [1.54, 1.807) is 18.3 Å². The second-order valence-corrected chi connectivity index (χ2v) is 4.25. The molecule has 0 saturated heterocycles. The molecule has 1 aromatic rings. The molecule has 0 spiro atoms. The number of aryl methyl sites for hydroxylation is 1. The minimum Gasteiger partial charge on any atom is -0.478 e. The van der Waals surface area contributed by atoms with Gasteiger partial charge in [-0.15, -0.1) is 11.3 Å². The van der Waals surface area contributed by atoms with Crippen molar-refractivity contribution in [2.24, 2.45) is 0 Å². The van der Waals surface area contributed by atoms with Crippen molar-refractivity contribution in [3.05, 3.63) is 27.5 Å². The first-order chi connectivity index (χ1) is 6.02. The molecule has 3 heteroatoms. The average Bonchev–Trinajstić information content (AvgIpc) is 2.49. The first kappa shape index (κ1) is 9.99. The Hall–Kier alpha value is -1.09. The predicted molar refractivity (Wildman–Crippen MR) is 55.0 cm³/mol. The van der Waals surface area contributed by atoms with Crippen LogP contribution in [0.25, 0.3) is 5.57 Å². The molecule has 0 fully saturated rings. The quantitative estimate of drug-likeness (QED) is 0.738. The highest BCUT2D eigenvalue weighted by Gasteiger charge is 2.08. The fourth-order valence-electron chi connectivity index (χ4n) is 0.981. The smallest absolute Gasteiger partial charge is 0.331 e. The number of allylic oxidation sites excluding steroid dienone is 1. The van der Waals surface area contributed by atoms with Gasteiger partial charge < -0.3 is 5.11 Å². The lowest BCUT2D eigenvalue weighted by atomic mass is 10.1.